The average molecular weight is 1040 g/mol. The fourth-order valence-electron chi connectivity index (χ4n) is 16.7. The van der Waals surface area contributed by atoms with Crippen molar-refractivity contribution in [3.05, 3.63) is 35.9 Å². The smallest absolute Gasteiger partial charge is 0.459 e. The van der Waals surface area contributed by atoms with Gasteiger partial charge in [0.05, 0.1) is 25.3 Å². The number of nitrogens with one attached hydrogen (secondary N) is 1. The molecule has 8 aliphatic rings. The first kappa shape index (κ1) is 53.8. The number of rotatable bonds is 15. The number of piperidine rings is 2. The molecule has 0 bridgehead atoms. The van der Waals surface area contributed by atoms with Gasteiger partial charge in [-0.15, -0.1) is 0 Å². The van der Waals surface area contributed by atoms with Crippen LogP contribution >= 0.6 is 9.24 Å². The van der Waals surface area contributed by atoms with Gasteiger partial charge in [-0.1, -0.05) is 60.3 Å². The SMILES string of the molecule is C[C@H](CCC(=O)NCC(=O)OC(C)(C)C)C1CCC2C3C(O)CC4C[C@H](OC(=O)N(C)CC(=O)OCOC(=O)OC(P)(C(=O)OC5CC6C57CCC7[N+]65CCCC5)c5ccccc5)CC[C@]4(C)C3C[C@H](O)[C@@]21C. The minimum atomic E-state index is -1.90. The number of quaternary nitrogens is 1. The summed E-state index contributed by atoms with van der Waals surface area (Å²) in [6, 6.07) is 9.61. The third-order valence-corrected chi connectivity index (χ3v) is 21.0. The molecule has 2 amide bonds. The molecule has 1 aromatic carbocycles. The zero-order chi connectivity index (χ0) is 52.5. The van der Waals surface area contributed by atoms with Crippen molar-refractivity contribution in [2.75, 3.05) is 40.0 Å². The van der Waals surface area contributed by atoms with Crippen LogP contribution in [-0.4, -0.2) is 138 Å². The second kappa shape index (κ2) is 20.1. The molecule has 3 N–H and O–H groups in total. The summed E-state index contributed by atoms with van der Waals surface area (Å²) in [6.45, 7) is 12.9. The van der Waals surface area contributed by atoms with Gasteiger partial charge in [0.1, 0.15) is 48.4 Å². The molecular formula is C55H81N3O14P+. The monoisotopic (exact) mass is 1040 g/mol. The lowest BCUT2D eigenvalue weighted by Crippen LogP contribution is -2.94. The van der Waals surface area contributed by atoms with Gasteiger partial charge in [-0.25, -0.2) is 14.4 Å². The number of hydrogen-bond acceptors (Lipinski definition) is 14. The second-order valence-corrected chi connectivity index (χ2v) is 25.7. The number of carbonyl (C=O) groups is 6. The molecule has 2 aliphatic heterocycles. The molecule has 2 heterocycles. The maximum absolute atomic E-state index is 13.9. The highest BCUT2D eigenvalue weighted by Crippen LogP contribution is 2.74. The van der Waals surface area contributed by atoms with E-state index in [9.17, 15) is 39.0 Å². The third-order valence-electron chi connectivity index (χ3n) is 20.3. The van der Waals surface area contributed by atoms with Crippen LogP contribution in [0.25, 0.3) is 0 Å². The Morgan fingerprint density at radius 2 is 1.59 bits per heavy atom. The van der Waals surface area contributed by atoms with Crippen LogP contribution in [0.5, 0.6) is 0 Å². The Kier molecular flexibility index (Phi) is 14.8. The van der Waals surface area contributed by atoms with Crippen molar-refractivity contribution < 1.29 is 71.9 Å². The van der Waals surface area contributed by atoms with Gasteiger partial charge in [0.2, 0.25) is 18.0 Å². The quantitative estimate of drug-likeness (QED) is 0.0546. The fourth-order valence-corrected chi connectivity index (χ4v) is 17.1. The van der Waals surface area contributed by atoms with Crippen LogP contribution in [0.3, 0.4) is 0 Å². The van der Waals surface area contributed by atoms with E-state index in [0.29, 0.717) is 49.8 Å². The van der Waals surface area contributed by atoms with E-state index in [4.69, 9.17) is 28.4 Å². The second-order valence-electron chi connectivity index (χ2n) is 24.9. The molecule has 0 aromatic heterocycles. The lowest BCUT2D eigenvalue weighted by atomic mass is 9.39. The highest BCUT2D eigenvalue weighted by atomic mass is 31.0. The number of hydrogen-bond donors (Lipinski definition) is 3. The highest BCUT2D eigenvalue weighted by Gasteiger charge is 2.86. The standard InChI is InChI=1S/C55H80N3O14P/c1-32(15-18-44(61)56-29-45(62)71-51(2,3)4)36-16-17-37-47-38(27-42(60)53(36,37)6)52(5)21-19-35(25-34(52)26-39(47)59)69-49(65)57(7)30-46(63)67-31-68-50(66)72-55(73,33-13-9-8-10-14-33)48(64)70-43-28-41-54(43)22-20-40(54)58(41)23-11-12-24-58/h8-10,13-14,32,34-43,47,59-60H,11-12,15-31,73H2,1-7H3/p+1/t32-,34?,35-,36?,37?,38?,39?,40?,41?,42+,43?,47?,52+,53-,54?,55?/m1/s1. The number of ether oxygens (including phenoxy) is 6. The van der Waals surface area contributed by atoms with Crippen LogP contribution in [0.4, 0.5) is 9.59 Å². The molecule has 9 rings (SSSR count). The topological polar surface area (TPSA) is 214 Å². The summed E-state index contributed by atoms with van der Waals surface area (Å²) in [5.74, 6) is -1.69. The van der Waals surface area contributed by atoms with E-state index < -0.39 is 78.2 Å². The molecule has 6 saturated carbocycles. The van der Waals surface area contributed by atoms with Crippen LogP contribution in [-0.2, 0) is 52.9 Å². The number of aliphatic hydroxyl groups is 2. The summed E-state index contributed by atoms with van der Waals surface area (Å²) in [7, 11) is 3.74. The Hall–Kier alpha value is -4.05. The van der Waals surface area contributed by atoms with E-state index in [1.165, 1.54) is 37.5 Å². The first-order chi connectivity index (χ1) is 34.5. The Labute approximate surface area is 432 Å². The highest BCUT2D eigenvalue weighted by molar-refractivity contribution is 7.20. The molecule has 17 nitrogen and oxygen atoms in total. The molecule has 73 heavy (non-hydrogen) atoms. The Morgan fingerprint density at radius 3 is 2.26 bits per heavy atom. The molecule has 8 fully saturated rings. The molecule has 1 aromatic rings. The molecule has 12 unspecified atom stereocenters. The molecule has 17 atom stereocenters. The predicted octanol–water partition coefficient (Wildman–Crippen LogP) is 6.74. The summed E-state index contributed by atoms with van der Waals surface area (Å²) in [6.07, 6.45) is 7.35. The Morgan fingerprint density at radius 1 is 0.863 bits per heavy atom. The van der Waals surface area contributed by atoms with Crippen LogP contribution in [0.1, 0.15) is 137 Å². The van der Waals surface area contributed by atoms with Crippen molar-refractivity contribution >= 4 is 45.3 Å². The molecule has 404 valence electrons. The van der Waals surface area contributed by atoms with Crippen molar-refractivity contribution in [1.82, 2.24) is 10.2 Å². The first-order valence-corrected chi connectivity index (χ1v) is 27.7. The molecule has 18 heteroatoms. The van der Waals surface area contributed by atoms with E-state index in [1.54, 1.807) is 51.1 Å². The van der Waals surface area contributed by atoms with Crippen molar-refractivity contribution in [3.8, 4) is 0 Å². The number of aliphatic hydroxyl groups excluding tert-OH is 2. The van der Waals surface area contributed by atoms with E-state index >= 15 is 0 Å². The third kappa shape index (κ3) is 9.55. The zero-order valence-corrected chi connectivity index (χ0v) is 45.2. The molecule has 2 saturated heterocycles. The molecule has 6 aliphatic carbocycles. The van der Waals surface area contributed by atoms with Gasteiger partial charge < -0.3 is 53.3 Å². The fraction of sp³-hybridized carbons (Fsp3) is 0.782. The summed E-state index contributed by atoms with van der Waals surface area (Å²) in [4.78, 5) is 79.3. The van der Waals surface area contributed by atoms with Crippen molar-refractivity contribution in [2.24, 2.45) is 51.8 Å². The summed E-state index contributed by atoms with van der Waals surface area (Å²) < 4.78 is 34.5. The first-order valence-electron chi connectivity index (χ1n) is 27.2. The predicted molar refractivity (Wildman–Crippen MR) is 267 cm³/mol. The molecule has 2 spiro atoms. The van der Waals surface area contributed by atoms with Gasteiger partial charge >= 0.3 is 30.2 Å². The van der Waals surface area contributed by atoms with Crippen molar-refractivity contribution in [3.63, 3.8) is 0 Å². The maximum atomic E-state index is 13.9. The Bertz CT molecular complexity index is 2260. The number of carbonyl (C=O) groups excluding carboxylic acids is 6. The number of nitrogens with zero attached hydrogens (tertiary/aromatic N) is 2. The summed E-state index contributed by atoms with van der Waals surface area (Å²) in [5.41, 5.74) is -0.846. The van der Waals surface area contributed by atoms with Gasteiger partial charge in [-0.2, -0.15) is 0 Å². The van der Waals surface area contributed by atoms with Gasteiger partial charge in [0.15, 0.2) is 0 Å². The number of fused-ring (bicyclic) bond motifs is 7. The van der Waals surface area contributed by atoms with E-state index in [1.807, 2.05) is 0 Å². The lowest BCUT2D eigenvalue weighted by molar-refractivity contribution is -1.05. The lowest BCUT2D eigenvalue weighted by Gasteiger charge is -2.80. The molecule has 0 radical (unpaired) electrons. The van der Waals surface area contributed by atoms with E-state index in [-0.39, 0.29) is 71.3 Å². The average Bonchev–Trinajstić information content (AvgIpc) is 3.94. The van der Waals surface area contributed by atoms with E-state index in [0.717, 1.165) is 43.4 Å². The number of likely N-dealkylation sites (N-methyl/N-ethyl adjacent to an activating group) is 1. The number of benzene rings is 1. The Balaban J connectivity index is 0.718. The van der Waals surface area contributed by atoms with Crippen LogP contribution in [0.15, 0.2) is 30.3 Å². The van der Waals surface area contributed by atoms with Crippen LogP contribution < -0.4 is 5.32 Å². The summed E-state index contributed by atoms with van der Waals surface area (Å²) in [5, 5.41) is 24.9. The number of amides is 2. The minimum Gasteiger partial charge on any atom is -0.459 e. The van der Waals surface area contributed by atoms with Gasteiger partial charge in [0.25, 0.3) is 0 Å². The zero-order valence-electron chi connectivity index (χ0n) is 44.0. The molecular weight excluding hydrogens is 958 g/mol. The van der Waals surface area contributed by atoms with Crippen molar-refractivity contribution in [2.45, 2.75) is 179 Å². The largest absolute Gasteiger partial charge is 0.513 e. The number of esters is 3. The normalized spacial score (nSPS) is 37.5. The van der Waals surface area contributed by atoms with Crippen molar-refractivity contribution in [1.29, 1.82) is 0 Å². The van der Waals surface area contributed by atoms with Gasteiger partial charge in [-0.3, -0.25) is 14.4 Å². The van der Waals surface area contributed by atoms with Gasteiger partial charge in [0, 0.05) is 44.7 Å². The minimum absolute atomic E-state index is 0.0144. The van der Waals surface area contributed by atoms with Crippen LogP contribution in [0, 0.1) is 51.8 Å². The van der Waals surface area contributed by atoms with Gasteiger partial charge in [-0.05, 0) is 125 Å². The summed E-state index contributed by atoms with van der Waals surface area (Å²) >= 11 is 0. The van der Waals surface area contributed by atoms with E-state index in [2.05, 4.69) is 35.3 Å². The maximum Gasteiger partial charge on any atom is 0.513 e. The van der Waals surface area contributed by atoms with Crippen LogP contribution in [0.2, 0.25) is 0 Å².